The summed E-state index contributed by atoms with van der Waals surface area (Å²) in [4.78, 5) is 15.3. The molecule has 0 saturated carbocycles. The largest absolute Gasteiger partial charge is 0.488 e. The maximum Gasteiger partial charge on any atom is 0.222 e. The van der Waals surface area contributed by atoms with Gasteiger partial charge in [0.05, 0.1) is 0 Å². The average molecular weight is 254 g/mol. The van der Waals surface area contributed by atoms with E-state index in [-0.39, 0.29) is 5.91 Å². The fourth-order valence-corrected chi connectivity index (χ4v) is 2.30. The summed E-state index contributed by atoms with van der Waals surface area (Å²) in [7, 11) is 0. The van der Waals surface area contributed by atoms with Crippen LogP contribution in [0.15, 0.2) is 30.5 Å². The van der Waals surface area contributed by atoms with E-state index < -0.39 is 0 Å². The predicted octanol–water partition coefficient (Wildman–Crippen LogP) is 2.91. The highest BCUT2D eigenvalue weighted by atomic mass is 16.5. The van der Waals surface area contributed by atoms with E-state index in [1.54, 1.807) is 6.20 Å². The molecule has 2 aromatic rings. The maximum atomic E-state index is 11.1. The SMILES string of the molecule is CC(=O)Nc1cc2c(cn1)COc1c(C)cccc1-2. The van der Waals surface area contributed by atoms with E-state index in [1.165, 1.54) is 6.92 Å². The summed E-state index contributed by atoms with van der Waals surface area (Å²) in [5.41, 5.74) is 4.27. The lowest BCUT2D eigenvalue weighted by molar-refractivity contribution is -0.114. The molecule has 1 aromatic heterocycles. The van der Waals surface area contributed by atoms with Gasteiger partial charge < -0.3 is 10.1 Å². The van der Waals surface area contributed by atoms with Gasteiger partial charge in [-0.1, -0.05) is 18.2 Å². The van der Waals surface area contributed by atoms with Gasteiger partial charge in [0.2, 0.25) is 5.91 Å². The minimum Gasteiger partial charge on any atom is -0.488 e. The molecular formula is C15H14N2O2. The van der Waals surface area contributed by atoms with Crippen LogP contribution in [0.3, 0.4) is 0 Å². The Bertz CT molecular complexity index is 665. The lowest BCUT2D eigenvalue weighted by atomic mass is 9.96. The summed E-state index contributed by atoms with van der Waals surface area (Å²) in [5.74, 6) is 1.36. The minimum absolute atomic E-state index is 0.121. The number of para-hydroxylation sites is 1. The standard InChI is InChI=1S/C15H14N2O2/c1-9-4-3-5-12-13-6-14(17-10(2)18)16-7-11(13)8-19-15(9)12/h3-7H,8H2,1-2H3,(H,16,17,18). The third-order valence-corrected chi connectivity index (χ3v) is 3.16. The van der Waals surface area contributed by atoms with Gasteiger partial charge in [0, 0.05) is 24.2 Å². The van der Waals surface area contributed by atoms with Gasteiger partial charge in [0.1, 0.15) is 18.2 Å². The topological polar surface area (TPSA) is 51.2 Å². The third kappa shape index (κ3) is 2.05. The molecule has 1 N–H and O–H groups in total. The zero-order chi connectivity index (χ0) is 13.4. The molecule has 4 nitrogen and oxygen atoms in total. The van der Waals surface area contributed by atoms with Gasteiger partial charge in [-0.05, 0) is 24.1 Å². The number of hydrogen-bond donors (Lipinski definition) is 1. The molecule has 0 spiro atoms. The van der Waals surface area contributed by atoms with Gasteiger partial charge >= 0.3 is 0 Å². The Labute approximate surface area is 111 Å². The molecular weight excluding hydrogens is 240 g/mol. The fraction of sp³-hybridized carbons (Fsp3) is 0.200. The van der Waals surface area contributed by atoms with E-state index in [0.717, 1.165) is 28.0 Å². The van der Waals surface area contributed by atoms with Gasteiger partial charge in [0.15, 0.2) is 0 Å². The second-order valence-electron chi connectivity index (χ2n) is 4.65. The highest BCUT2D eigenvalue weighted by Crippen LogP contribution is 2.39. The van der Waals surface area contributed by atoms with Crippen molar-refractivity contribution in [2.24, 2.45) is 0 Å². The van der Waals surface area contributed by atoms with E-state index in [2.05, 4.69) is 10.3 Å². The van der Waals surface area contributed by atoms with Crippen LogP contribution < -0.4 is 10.1 Å². The van der Waals surface area contributed by atoms with E-state index in [1.807, 2.05) is 31.2 Å². The molecule has 0 aliphatic carbocycles. The van der Waals surface area contributed by atoms with E-state index in [4.69, 9.17) is 4.74 Å². The number of pyridine rings is 1. The zero-order valence-electron chi connectivity index (χ0n) is 10.9. The van der Waals surface area contributed by atoms with Crippen molar-refractivity contribution in [1.82, 2.24) is 4.98 Å². The normalized spacial score (nSPS) is 12.1. The molecule has 3 rings (SSSR count). The number of fused-ring (bicyclic) bond motifs is 3. The number of hydrogen-bond acceptors (Lipinski definition) is 3. The van der Waals surface area contributed by atoms with Crippen LogP contribution in [0.1, 0.15) is 18.1 Å². The average Bonchev–Trinajstić information content (AvgIpc) is 2.38. The van der Waals surface area contributed by atoms with Crippen molar-refractivity contribution >= 4 is 11.7 Å². The highest BCUT2D eigenvalue weighted by molar-refractivity contribution is 5.89. The monoisotopic (exact) mass is 254 g/mol. The summed E-state index contributed by atoms with van der Waals surface area (Å²) in [5, 5.41) is 2.71. The summed E-state index contributed by atoms with van der Waals surface area (Å²) in [6, 6.07) is 7.96. The summed E-state index contributed by atoms with van der Waals surface area (Å²) in [6.07, 6.45) is 1.76. The molecule has 1 amide bonds. The Morgan fingerprint density at radius 1 is 1.37 bits per heavy atom. The van der Waals surface area contributed by atoms with Crippen molar-refractivity contribution < 1.29 is 9.53 Å². The molecule has 1 aliphatic rings. The molecule has 1 aliphatic heterocycles. The lowest BCUT2D eigenvalue weighted by Crippen LogP contribution is -2.11. The Hall–Kier alpha value is -2.36. The number of ether oxygens (including phenoxy) is 1. The van der Waals surface area contributed by atoms with E-state index in [9.17, 15) is 4.79 Å². The van der Waals surface area contributed by atoms with E-state index >= 15 is 0 Å². The van der Waals surface area contributed by atoms with Crippen LogP contribution in [0.2, 0.25) is 0 Å². The fourth-order valence-electron chi connectivity index (χ4n) is 2.30. The Morgan fingerprint density at radius 2 is 2.21 bits per heavy atom. The number of anilines is 1. The van der Waals surface area contributed by atoms with Gasteiger partial charge in [0.25, 0.3) is 0 Å². The van der Waals surface area contributed by atoms with Crippen LogP contribution >= 0.6 is 0 Å². The minimum atomic E-state index is -0.121. The summed E-state index contributed by atoms with van der Waals surface area (Å²) in [6.45, 7) is 4.02. The molecule has 0 atom stereocenters. The van der Waals surface area contributed by atoms with Crippen molar-refractivity contribution in [1.29, 1.82) is 0 Å². The molecule has 2 heterocycles. The van der Waals surface area contributed by atoms with Crippen LogP contribution in [-0.2, 0) is 11.4 Å². The molecule has 4 heteroatoms. The molecule has 1 aromatic carbocycles. The van der Waals surface area contributed by atoms with E-state index in [0.29, 0.717) is 12.4 Å². The first-order chi connectivity index (χ1) is 9.15. The van der Waals surface area contributed by atoms with Crippen molar-refractivity contribution in [2.75, 3.05) is 5.32 Å². The van der Waals surface area contributed by atoms with Gasteiger partial charge in [-0.15, -0.1) is 0 Å². The first-order valence-corrected chi connectivity index (χ1v) is 6.14. The van der Waals surface area contributed by atoms with Crippen molar-refractivity contribution in [3.63, 3.8) is 0 Å². The maximum absolute atomic E-state index is 11.1. The van der Waals surface area contributed by atoms with Crippen LogP contribution in [0.25, 0.3) is 11.1 Å². The first-order valence-electron chi connectivity index (χ1n) is 6.14. The molecule has 0 saturated heterocycles. The Balaban J connectivity index is 2.13. The summed E-state index contributed by atoms with van der Waals surface area (Å²) >= 11 is 0. The molecule has 0 radical (unpaired) electrons. The number of carbonyl (C=O) groups is 1. The molecule has 96 valence electrons. The van der Waals surface area contributed by atoms with Crippen LogP contribution in [0.4, 0.5) is 5.82 Å². The Kier molecular flexibility index (Phi) is 2.71. The Morgan fingerprint density at radius 3 is 3.00 bits per heavy atom. The second kappa shape index (κ2) is 4.39. The number of aromatic nitrogens is 1. The van der Waals surface area contributed by atoms with Crippen LogP contribution in [0.5, 0.6) is 5.75 Å². The number of nitrogens with one attached hydrogen (secondary N) is 1. The number of amides is 1. The van der Waals surface area contributed by atoms with Crippen LogP contribution in [0, 0.1) is 6.92 Å². The number of rotatable bonds is 1. The van der Waals surface area contributed by atoms with Gasteiger partial charge in [-0.2, -0.15) is 0 Å². The lowest BCUT2D eigenvalue weighted by Gasteiger charge is -2.22. The highest BCUT2D eigenvalue weighted by Gasteiger charge is 2.19. The third-order valence-electron chi connectivity index (χ3n) is 3.16. The van der Waals surface area contributed by atoms with Crippen molar-refractivity contribution in [2.45, 2.75) is 20.5 Å². The van der Waals surface area contributed by atoms with Crippen molar-refractivity contribution in [3.05, 3.63) is 41.6 Å². The number of carbonyl (C=O) groups excluding carboxylic acids is 1. The molecule has 0 fully saturated rings. The smallest absolute Gasteiger partial charge is 0.222 e. The number of nitrogens with zero attached hydrogens (tertiary/aromatic N) is 1. The number of benzene rings is 1. The molecule has 0 unspecified atom stereocenters. The van der Waals surface area contributed by atoms with Gasteiger partial charge in [-0.25, -0.2) is 4.98 Å². The molecule has 0 bridgehead atoms. The first kappa shape index (κ1) is 11.7. The number of aryl methyl sites for hydroxylation is 1. The van der Waals surface area contributed by atoms with Crippen LogP contribution in [-0.4, -0.2) is 10.9 Å². The molecule has 19 heavy (non-hydrogen) atoms. The second-order valence-corrected chi connectivity index (χ2v) is 4.65. The zero-order valence-corrected chi connectivity index (χ0v) is 10.9. The van der Waals surface area contributed by atoms with Crippen molar-refractivity contribution in [3.8, 4) is 16.9 Å². The predicted molar refractivity (Wildman–Crippen MR) is 73.0 cm³/mol. The quantitative estimate of drug-likeness (QED) is 0.851. The summed E-state index contributed by atoms with van der Waals surface area (Å²) < 4.78 is 5.77. The van der Waals surface area contributed by atoms with Gasteiger partial charge in [-0.3, -0.25) is 4.79 Å².